The van der Waals surface area contributed by atoms with E-state index < -0.39 is 16.5 Å². The van der Waals surface area contributed by atoms with Gasteiger partial charge in [-0.25, -0.2) is 9.38 Å². The lowest BCUT2D eigenvalue weighted by Gasteiger charge is -2.07. The molecule has 9 heteroatoms. The molecule has 0 aromatic heterocycles. The van der Waals surface area contributed by atoms with Crippen LogP contribution < -0.4 is 5.32 Å². The van der Waals surface area contributed by atoms with Crippen molar-refractivity contribution >= 4 is 34.1 Å². The summed E-state index contributed by atoms with van der Waals surface area (Å²) in [6.45, 7) is 0. The van der Waals surface area contributed by atoms with E-state index in [0.717, 1.165) is 23.9 Å². The summed E-state index contributed by atoms with van der Waals surface area (Å²) in [7, 11) is 0. The Morgan fingerprint density at radius 1 is 1.32 bits per heavy atom. The minimum absolute atomic E-state index is 0.0888. The van der Waals surface area contributed by atoms with Crippen molar-refractivity contribution in [1.29, 1.82) is 5.26 Å². The van der Waals surface area contributed by atoms with Crippen LogP contribution in [-0.2, 0) is 0 Å². The highest BCUT2D eigenvalue weighted by molar-refractivity contribution is 8.13. The maximum Gasteiger partial charge on any atom is 0.270 e. The van der Waals surface area contributed by atoms with Crippen LogP contribution in [0.3, 0.4) is 0 Å². The molecule has 0 amide bonds. The third-order valence-corrected chi connectivity index (χ3v) is 3.71. The second-order valence-electron chi connectivity index (χ2n) is 4.63. The summed E-state index contributed by atoms with van der Waals surface area (Å²) in [5.74, 6) is -1.48. The van der Waals surface area contributed by atoms with Crippen LogP contribution in [0.25, 0.3) is 0 Å². The van der Waals surface area contributed by atoms with E-state index in [-0.39, 0.29) is 27.7 Å². The highest BCUT2D eigenvalue weighted by Gasteiger charge is 2.20. The Kier molecular flexibility index (Phi) is 5.81. The number of carbonyl (C=O) groups is 1. The van der Waals surface area contributed by atoms with Gasteiger partial charge in [-0.2, -0.15) is 5.26 Å². The summed E-state index contributed by atoms with van der Waals surface area (Å²) < 4.78 is 13.9. The summed E-state index contributed by atoms with van der Waals surface area (Å²) in [5.41, 5.74) is -0.590. The van der Waals surface area contributed by atoms with E-state index in [1.165, 1.54) is 30.3 Å². The Hall–Kier alpha value is -3.25. The van der Waals surface area contributed by atoms with Crippen LogP contribution in [0, 0.1) is 27.4 Å². The van der Waals surface area contributed by atoms with Gasteiger partial charge in [-0.3, -0.25) is 20.2 Å². The highest BCUT2D eigenvalue weighted by atomic mass is 32.2. The first-order chi connectivity index (χ1) is 12.0. The quantitative estimate of drug-likeness (QED) is 0.171. The molecule has 2 rings (SSSR count). The maximum atomic E-state index is 13.9. The van der Waals surface area contributed by atoms with Crippen LogP contribution in [0.5, 0.6) is 0 Å². The Labute approximate surface area is 146 Å². The average Bonchev–Trinajstić information content (AvgIpc) is 2.61. The molecule has 0 spiro atoms. The Morgan fingerprint density at radius 2 is 2.04 bits per heavy atom. The third-order valence-electron chi connectivity index (χ3n) is 3.13. The molecule has 126 valence electrons. The highest BCUT2D eigenvalue weighted by Crippen LogP contribution is 2.28. The minimum Gasteiger partial charge on any atom is -0.288 e. The third kappa shape index (κ3) is 4.19. The summed E-state index contributed by atoms with van der Waals surface area (Å²) in [5, 5.41) is 22.2. The van der Waals surface area contributed by atoms with Gasteiger partial charge in [0.05, 0.1) is 21.7 Å². The van der Waals surface area contributed by atoms with Crippen molar-refractivity contribution in [3.05, 3.63) is 69.5 Å². The SMILES string of the molecule is CSC(=Nc1ccc([N+](=O)[O-])cc1C(=O)c1ccccc1F)NC#N. The van der Waals surface area contributed by atoms with E-state index in [9.17, 15) is 19.3 Å². The van der Waals surface area contributed by atoms with Gasteiger partial charge in [-0.05, 0) is 24.5 Å². The van der Waals surface area contributed by atoms with E-state index in [1.54, 1.807) is 12.4 Å². The lowest BCUT2D eigenvalue weighted by molar-refractivity contribution is -0.384. The first-order valence-electron chi connectivity index (χ1n) is 6.83. The standard InChI is InChI=1S/C16H11FN4O3S/c1-25-16(19-9-18)20-14-7-6-10(21(23)24)8-12(14)15(22)11-4-2-3-5-13(11)17/h2-8H,1H3,(H,19,20). The van der Waals surface area contributed by atoms with E-state index in [1.807, 2.05) is 0 Å². The van der Waals surface area contributed by atoms with Crippen LogP contribution in [0.1, 0.15) is 15.9 Å². The molecule has 0 radical (unpaired) electrons. The number of halogens is 1. The lowest BCUT2D eigenvalue weighted by atomic mass is 10.0. The number of hydrogen-bond donors (Lipinski definition) is 1. The summed E-state index contributed by atoms with van der Waals surface area (Å²) in [4.78, 5) is 27.1. The van der Waals surface area contributed by atoms with Gasteiger partial charge in [0.1, 0.15) is 5.82 Å². The fourth-order valence-corrected chi connectivity index (χ4v) is 2.33. The fourth-order valence-electron chi connectivity index (χ4n) is 1.99. The number of rotatable bonds is 4. The zero-order valence-electron chi connectivity index (χ0n) is 12.9. The van der Waals surface area contributed by atoms with E-state index in [4.69, 9.17) is 5.26 Å². The van der Waals surface area contributed by atoms with E-state index in [2.05, 4.69) is 10.3 Å². The first kappa shape index (κ1) is 18.1. The number of hydrogen-bond acceptors (Lipinski definition) is 6. The largest absolute Gasteiger partial charge is 0.288 e. The second-order valence-corrected chi connectivity index (χ2v) is 5.42. The smallest absolute Gasteiger partial charge is 0.270 e. The number of aliphatic imine (C=N–C) groups is 1. The monoisotopic (exact) mass is 358 g/mol. The number of nitro benzene ring substituents is 1. The Balaban J connectivity index is 2.62. The molecule has 0 unspecified atom stereocenters. The van der Waals surface area contributed by atoms with Crippen molar-refractivity contribution in [1.82, 2.24) is 5.32 Å². The molecule has 0 atom stereocenters. The van der Waals surface area contributed by atoms with Crippen LogP contribution in [0.4, 0.5) is 15.8 Å². The summed E-state index contributed by atoms with van der Waals surface area (Å²) in [6.07, 6.45) is 3.36. The van der Waals surface area contributed by atoms with Crippen LogP contribution in [0.2, 0.25) is 0 Å². The number of nitro groups is 1. The molecule has 2 aromatic carbocycles. The van der Waals surface area contributed by atoms with Gasteiger partial charge in [0.15, 0.2) is 17.1 Å². The van der Waals surface area contributed by atoms with Gasteiger partial charge in [0.25, 0.3) is 5.69 Å². The molecule has 0 fully saturated rings. The van der Waals surface area contributed by atoms with Gasteiger partial charge in [0, 0.05) is 12.1 Å². The zero-order valence-corrected chi connectivity index (χ0v) is 13.7. The van der Waals surface area contributed by atoms with Crippen LogP contribution in [0.15, 0.2) is 47.5 Å². The molecule has 1 N–H and O–H groups in total. The molecule has 25 heavy (non-hydrogen) atoms. The van der Waals surface area contributed by atoms with Crippen molar-refractivity contribution in [2.75, 3.05) is 6.26 Å². The molecule has 2 aromatic rings. The van der Waals surface area contributed by atoms with Crippen molar-refractivity contribution in [3.63, 3.8) is 0 Å². The van der Waals surface area contributed by atoms with Gasteiger partial charge >= 0.3 is 0 Å². The number of thioether (sulfide) groups is 1. The predicted octanol–water partition coefficient (Wildman–Crippen LogP) is 3.39. The molecule has 0 aliphatic carbocycles. The molecule has 0 saturated heterocycles. The first-order valence-corrected chi connectivity index (χ1v) is 8.06. The molecule has 0 heterocycles. The summed E-state index contributed by atoms with van der Waals surface area (Å²) >= 11 is 1.12. The normalized spacial score (nSPS) is 10.8. The van der Waals surface area contributed by atoms with Gasteiger partial charge in [-0.1, -0.05) is 23.9 Å². The number of nitriles is 1. The van der Waals surface area contributed by atoms with Crippen molar-refractivity contribution in [3.8, 4) is 6.19 Å². The zero-order chi connectivity index (χ0) is 18.4. The Morgan fingerprint density at radius 3 is 2.64 bits per heavy atom. The number of ketones is 1. The van der Waals surface area contributed by atoms with E-state index in [0.29, 0.717) is 0 Å². The average molecular weight is 358 g/mol. The predicted molar refractivity (Wildman–Crippen MR) is 92.3 cm³/mol. The molecular weight excluding hydrogens is 347 g/mol. The molecule has 0 bridgehead atoms. The topological polar surface area (TPSA) is 108 Å². The number of nitrogens with one attached hydrogen (secondary N) is 1. The maximum absolute atomic E-state index is 13.9. The minimum atomic E-state index is -0.742. The lowest BCUT2D eigenvalue weighted by Crippen LogP contribution is -2.13. The fraction of sp³-hybridized carbons (Fsp3) is 0.0625. The number of non-ortho nitro benzene ring substituents is 1. The molecule has 7 nitrogen and oxygen atoms in total. The van der Waals surface area contributed by atoms with Gasteiger partial charge in [0.2, 0.25) is 0 Å². The van der Waals surface area contributed by atoms with Gasteiger partial charge in [-0.15, -0.1) is 0 Å². The van der Waals surface area contributed by atoms with Crippen LogP contribution in [-0.4, -0.2) is 22.1 Å². The van der Waals surface area contributed by atoms with Crippen molar-refractivity contribution in [2.24, 2.45) is 4.99 Å². The molecule has 0 aliphatic heterocycles. The van der Waals surface area contributed by atoms with Crippen LogP contribution >= 0.6 is 11.8 Å². The number of nitrogens with zero attached hydrogens (tertiary/aromatic N) is 3. The van der Waals surface area contributed by atoms with Crippen molar-refractivity contribution in [2.45, 2.75) is 0 Å². The number of carbonyl (C=O) groups excluding carboxylic acids is 1. The Bertz CT molecular complexity index is 908. The van der Waals surface area contributed by atoms with E-state index >= 15 is 0 Å². The molecule has 0 aliphatic rings. The molecule has 0 saturated carbocycles. The summed E-state index contributed by atoms with van der Waals surface area (Å²) in [6, 6.07) is 8.83. The number of benzene rings is 2. The van der Waals surface area contributed by atoms with Gasteiger partial charge < -0.3 is 0 Å². The molecular formula is C16H11FN4O3S. The van der Waals surface area contributed by atoms with Crippen molar-refractivity contribution < 1.29 is 14.1 Å². The number of amidine groups is 1. The second kappa shape index (κ2) is 8.03.